The number of carbonyl (C=O) groups excluding carboxylic acids is 3. The van der Waals surface area contributed by atoms with Gasteiger partial charge in [0.05, 0.1) is 11.4 Å². The smallest absolute Gasteiger partial charge is 0.276 e. The molecule has 1 N–H and O–H groups in total. The summed E-state index contributed by atoms with van der Waals surface area (Å²) in [5.74, 6) is -3.26. The summed E-state index contributed by atoms with van der Waals surface area (Å²) >= 11 is 3.35. The van der Waals surface area contributed by atoms with Crippen molar-refractivity contribution in [1.82, 2.24) is 5.32 Å². The standard InChI is InChI=1S/C18H13BrFN3O3/c1-10-8-11(19)2-7-15(10)21-9-14-16(24)22-18(26)23(17(14)25)13-5-3-12(20)4-6-13/h2-9,14H,1H3,(H,22,24,26)/t14-/m1/s1. The van der Waals surface area contributed by atoms with Crippen LogP contribution in [0.4, 0.5) is 20.6 Å². The quantitative estimate of drug-likeness (QED) is 0.612. The lowest BCUT2D eigenvalue weighted by molar-refractivity contribution is -0.131. The summed E-state index contributed by atoms with van der Waals surface area (Å²) < 4.78 is 14.0. The lowest BCUT2D eigenvalue weighted by Gasteiger charge is -2.28. The molecule has 0 aliphatic carbocycles. The topological polar surface area (TPSA) is 78.8 Å². The Morgan fingerprint density at radius 1 is 1.15 bits per heavy atom. The first kappa shape index (κ1) is 17.9. The highest BCUT2D eigenvalue weighted by atomic mass is 79.9. The Kier molecular flexibility index (Phi) is 4.94. The molecule has 26 heavy (non-hydrogen) atoms. The molecule has 1 fully saturated rings. The monoisotopic (exact) mass is 417 g/mol. The molecule has 1 atom stereocenters. The number of carbonyl (C=O) groups is 3. The van der Waals surface area contributed by atoms with Crippen LogP contribution in [0.5, 0.6) is 0 Å². The van der Waals surface area contributed by atoms with E-state index in [0.717, 1.165) is 27.1 Å². The average Bonchev–Trinajstić information content (AvgIpc) is 2.57. The molecule has 3 rings (SSSR count). The zero-order valence-electron chi connectivity index (χ0n) is 13.6. The Morgan fingerprint density at radius 2 is 1.85 bits per heavy atom. The first-order chi connectivity index (χ1) is 12.4. The van der Waals surface area contributed by atoms with E-state index in [4.69, 9.17) is 0 Å². The van der Waals surface area contributed by atoms with Crippen molar-refractivity contribution in [3.05, 3.63) is 58.3 Å². The molecule has 1 aliphatic heterocycles. The number of imide groups is 2. The summed E-state index contributed by atoms with van der Waals surface area (Å²) in [5.41, 5.74) is 1.62. The van der Waals surface area contributed by atoms with Crippen molar-refractivity contribution in [2.24, 2.45) is 10.9 Å². The van der Waals surface area contributed by atoms with Crippen LogP contribution in [0.15, 0.2) is 51.9 Å². The van der Waals surface area contributed by atoms with Crippen LogP contribution in [0, 0.1) is 18.7 Å². The van der Waals surface area contributed by atoms with Gasteiger partial charge in [0.15, 0.2) is 5.92 Å². The van der Waals surface area contributed by atoms with Crippen molar-refractivity contribution in [3.8, 4) is 0 Å². The van der Waals surface area contributed by atoms with E-state index >= 15 is 0 Å². The predicted molar refractivity (Wildman–Crippen MR) is 97.9 cm³/mol. The second kappa shape index (κ2) is 7.17. The summed E-state index contributed by atoms with van der Waals surface area (Å²) in [5, 5.41) is 2.12. The number of barbiturate groups is 1. The van der Waals surface area contributed by atoms with E-state index in [-0.39, 0.29) is 5.69 Å². The van der Waals surface area contributed by atoms with Gasteiger partial charge in [0.1, 0.15) is 5.82 Å². The molecule has 4 amide bonds. The molecule has 0 radical (unpaired) electrons. The highest BCUT2D eigenvalue weighted by Crippen LogP contribution is 2.24. The van der Waals surface area contributed by atoms with E-state index < -0.39 is 29.6 Å². The molecule has 8 heteroatoms. The number of amides is 4. The third kappa shape index (κ3) is 3.55. The molecule has 0 saturated carbocycles. The van der Waals surface area contributed by atoms with E-state index in [2.05, 4.69) is 26.2 Å². The van der Waals surface area contributed by atoms with Gasteiger partial charge < -0.3 is 0 Å². The Hall–Kier alpha value is -2.87. The van der Waals surface area contributed by atoms with Gasteiger partial charge in [-0.05, 0) is 55.0 Å². The number of benzene rings is 2. The second-order valence-electron chi connectivity index (χ2n) is 5.63. The van der Waals surface area contributed by atoms with E-state index in [0.29, 0.717) is 5.69 Å². The number of aryl methyl sites for hydroxylation is 1. The van der Waals surface area contributed by atoms with Gasteiger partial charge in [-0.15, -0.1) is 0 Å². The van der Waals surface area contributed by atoms with Crippen LogP contribution in [-0.4, -0.2) is 24.1 Å². The fraction of sp³-hybridized carbons (Fsp3) is 0.111. The summed E-state index contributed by atoms with van der Waals surface area (Å²) in [4.78, 5) is 41.8. The molecule has 1 heterocycles. The molecule has 0 bridgehead atoms. The van der Waals surface area contributed by atoms with E-state index in [1.54, 1.807) is 12.1 Å². The van der Waals surface area contributed by atoms with Crippen molar-refractivity contribution in [2.75, 3.05) is 4.90 Å². The van der Waals surface area contributed by atoms with Crippen molar-refractivity contribution in [2.45, 2.75) is 6.92 Å². The Labute approximate surface area is 156 Å². The van der Waals surface area contributed by atoms with Gasteiger partial charge in [0.25, 0.3) is 5.91 Å². The summed E-state index contributed by atoms with van der Waals surface area (Å²) in [7, 11) is 0. The van der Waals surface area contributed by atoms with Crippen LogP contribution in [0.2, 0.25) is 0 Å². The molecule has 0 aromatic heterocycles. The number of hydrogen-bond donors (Lipinski definition) is 1. The zero-order valence-corrected chi connectivity index (χ0v) is 15.2. The molecule has 132 valence electrons. The number of hydrogen-bond acceptors (Lipinski definition) is 4. The average molecular weight is 418 g/mol. The molecular formula is C18H13BrFN3O3. The van der Waals surface area contributed by atoms with Crippen molar-refractivity contribution in [3.63, 3.8) is 0 Å². The molecule has 0 unspecified atom stereocenters. The number of rotatable bonds is 3. The number of nitrogens with one attached hydrogen (secondary N) is 1. The van der Waals surface area contributed by atoms with Gasteiger partial charge in [-0.25, -0.2) is 14.1 Å². The van der Waals surface area contributed by atoms with E-state index in [9.17, 15) is 18.8 Å². The normalized spacial score (nSPS) is 17.7. The van der Waals surface area contributed by atoms with E-state index in [1.165, 1.54) is 18.3 Å². The van der Waals surface area contributed by atoms with Gasteiger partial charge in [0.2, 0.25) is 5.91 Å². The van der Waals surface area contributed by atoms with Gasteiger partial charge in [-0.3, -0.25) is 19.9 Å². The zero-order chi connectivity index (χ0) is 18.8. The number of halogens is 2. The molecular weight excluding hydrogens is 405 g/mol. The SMILES string of the molecule is Cc1cc(Br)ccc1N=C[C@@H]1C(=O)NC(=O)N(c2ccc(F)cc2)C1=O. The van der Waals surface area contributed by atoms with Crippen molar-refractivity contribution in [1.29, 1.82) is 0 Å². The molecule has 2 aromatic rings. The maximum Gasteiger partial charge on any atom is 0.335 e. The van der Waals surface area contributed by atoms with Crippen LogP contribution < -0.4 is 10.2 Å². The van der Waals surface area contributed by atoms with Gasteiger partial charge in [0, 0.05) is 10.7 Å². The van der Waals surface area contributed by atoms with Crippen LogP contribution in [0.3, 0.4) is 0 Å². The Balaban J connectivity index is 1.90. The lowest BCUT2D eigenvalue weighted by Crippen LogP contribution is -2.58. The Morgan fingerprint density at radius 3 is 2.50 bits per heavy atom. The number of urea groups is 1. The minimum absolute atomic E-state index is 0.166. The van der Waals surface area contributed by atoms with E-state index in [1.807, 2.05) is 13.0 Å². The van der Waals surface area contributed by atoms with Crippen molar-refractivity contribution >= 4 is 51.4 Å². The molecule has 0 spiro atoms. The minimum Gasteiger partial charge on any atom is -0.276 e. The number of anilines is 1. The third-order valence-electron chi connectivity index (χ3n) is 3.81. The van der Waals surface area contributed by atoms with Crippen LogP contribution >= 0.6 is 15.9 Å². The van der Waals surface area contributed by atoms with Crippen molar-refractivity contribution < 1.29 is 18.8 Å². The van der Waals surface area contributed by atoms with Crippen LogP contribution in [-0.2, 0) is 9.59 Å². The Bertz CT molecular complexity index is 928. The summed E-state index contributed by atoms with van der Waals surface area (Å²) in [6.07, 6.45) is 1.21. The largest absolute Gasteiger partial charge is 0.335 e. The molecule has 1 saturated heterocycles. The first-order valence-corrected chi connectivity index (χ1v) is 8.41. The minimum atomic E-state index is -1.26. The molecule has 1 aliphatic rings. The number of nitrogens with zero attached hydrogens (tertiary/aromatic N) is 2. The fourth-order valence-electron chi connectivity index (χ4n) is 2.48. The summed E-state index contributed by atoms with van der Waals surface area (Å²) in [6.45, 7) is 1.84. The third-order valence-corrected chi connectivity index (χ3v) is 4.30. The van der Waals surface area contributed by atoms with Gasteiger partial charge in [-0.1, -0.05) is 15.9 Å². The van der Waals surface area contributed by atoms with Gasteiger partial charge in [-0.2, -0.15) is 0 Å². The fourth-order valence-corrected chi connectivity index (χ4v) is 2.95. The van der Waals surface area contributed by atoms with Crippen LogP contribution in [0.1, 0.15) is 5.56 Å². The summed E-state index contributed by atoms with van der Waals surface area (Å²) in [6, 6.07) is 9.33. The predicted octanol–water partition coefficient (Wildman–Crippen LogP) is 3.50. The van der Waals surface area contributed by atoms with Crippen LogP contribution in [0.25, 0.3) is 0 Å². The maximum absolute atomic E-state index is 13.1. The first-order valence-electron chi connectivity index (χ1n) is 7.61. The molecule has 6 nitrogen and oxygen atoms in total. The lowest BCUT2D eigenvalue weighted by atomic mass is 10.1. The highest BCUT2D eigenvalue weighted by molar-refractivity contribution is 9.10. The highest BCUT2D eigenvalue weighted by Gasteiger charge is 2.40. The van der Waals surface area contributed by atoms with Gasteiger partial charge >= 0.3 is 6.03 Å². The number of aliphatic imine (C=N–C) groups is 1. The maximum atomic E-state index is 13.1. The molecule has 2 aromatic carbocycles. The second-order valence-corrected chi connectivity index (χ2v) is 6.55.